The van der Waals surface area contributed by atoms with E-state index in [1.807, 2.05) is 72.1 Å². The molecule has 1 N–H and O–H groups in total. The number of rotatable bonds is 6. The average molecular weight is 440 g/mol. The third-order valence-electron chi connectivity index (χ3n) is 5.41. The Morgan fingerprint density at radius 3 is 2.84 bits per heavy atom. The minimum Gasteiger partial charge on any atom is -0.368 e. The quantitative estimate of drug-likeness (QED) is 0.627. The predicted molar refractivity (Wildman–Crippen MR) is 121 cm³/mol. The van der Waals surface area contributed by atoms with Crippen molar-refractivity contribution >= 4 is 29.1 Å². The van der Waals surface area contributed by atoms with Crippen LogP contribution in [0.4, 0.5) is 11.6 Å². The van der Waals surface area contributed by atoms with Crippen molar-refractivity contribution in [2.24, 2.45) is 7.05 Å². The molecule has 3 heterocycles. The van der Waals surface area contributed by atoms with E-state index in [-0.39, 0.29) is 12.0 Å². The van der Waals surface area contributed by atoms with Gasteiger partial charge in [0.05, 0.1) is 18.8 Å². The van der Waals surface area contributed by atoms with E-state index in [2.05, 4.69) is 15.4 Å². The number of halogens is 1. The summed E-state index contributed by atoms with van der Waals surface area (Å²) in [6, 6.07) is 15.4. The maximum Gasteiger partial charge on any atom is 0.223 e. The number of hydrogen-bond acceptors (Lipinski definition) is 5. The number of morpholine rings is 1. The smallest absolute Gasteiger partial charge is 0.223 e. The number of carbonyl (C=O) groups excluding carboxylic acids is 1. The Bertz CT molecular complexity index is 1050. The molecular formula is C23H26ClN5O2. The largest absolute Gasteiger partial charge is 0.368 e. The molecule has 1 unspecified atom stereocenters. The van der Waals surface area contributed by atoms with Gasteiger partial charge in [-0.25, -0.2) is 4.98 Å². The summed E-state index contributed by atoms with van der Waals surface area (Å²) in [5, 5.41) is 8.33. The Balaban J connectivity index is 1.38. The van der Waals surface area contributed by atoms with E-state index in [0.717, 1.165) is 22.8 Å². The molecule has 1 saturated heterocycles. The van der Waals surface area contributed by atoms with E-state index in [0.29, 0.717) is 43.4 Å². The number of aryl methyl sites for hydroxylation is 3. The number of benzene rings is 1. The summed E-state index contributed by atoms with van der Waals surface area (Å²) in [5.74, 6) is 1.56. The maximum absolute atomic E-state index is 12.8. The number of pyridine rings is 1. The Morgan fingerprint density at radius 2 is 2.06 bits per heavy atom. The van der Waals surface area contributed by atoms with Crippen LogP contribution in [0.5, 0.6) is 0 Å². The third-order valence-corrected chi connectivity index (χ3v) is 5.64. The molecule has 1 aliphatic heterocycles. The Hall–Kier alpha value is -2.90. The fourth-order valence-electron chi connectivity index (χ4n) is 3.61. The first-order valence-corrected chi connectivity index (χ1v) is 10.7. The summed E-state index contributed by atoms with van der Waals surface area (Å²) >= 11 is 6.04. The number of nitrogens with zero attached hydrogens (tertiary/aromatic N) is 4. The molecular weight excluding hydrogens is 414 g/mol. The fraction of sp³-hybridized carbons (Fsp3) is 0.348. The van der Waals surface area contributed by atoms with Gasteiger partial charge in [-0.1, -0.05) is 29.8 Å². The Labute approximate surface area is 187 Å². The van der Waals surface area contributed by atoms with Crippen molar-refractivity contribution in [3.8, 4) is 0 Å². The molecule has 3 aromatic rings. The van der Waals surface area contributed by atoms with Crippen LogP contribution in [-0.4, -0.2) is 45.3 Å². The SMILES string of the molecule is Cc1cc(Nc2cccc(C3CN(C(=O)CCc4cccc(Cl)c4)CCO3)n2)nn1C. The van der Waals surface area contributed by atoms with E-state index in [1.54, 1.807) is 0 Å². The van der Waals surface area contributed by atoms with Crippen LogP contribution in [0.25, 0.3) is 0 Å². The molecule has 0 aliphatic carbocycles. The summed E-state index contributed by atoms with van der Waals surface area (Å²) in [4.78, 5) is 19.3. The van der Waals surface area contributed by atoms with Crippen molar-refractivity contribution in [3.63, 3.8) is 0 Å². The molecule has 31 heavy (non-hydrogen) atoms. The van der Waals surface area contributed by atoms with Crippen LogP contribution in [0.2, 0.25) is 5.02 Å². The number of anilines is 2. The van der Waals surface area contributed by atoms with Gasteiger partial charge in [0.25, 0.3) is 0 Å². The van der Waals surface area contributed by atoms with Crippen molar-refractivity contribution in [3.05, 3.63) is 70.5 Å². The standard InChI is InChI=1S/C23H26ClN5O2/c1-16-13-22(27-28(16)2)26-21-8-4-7-19(25-21)20-15-29(11-12-31-20)23(30)10-9-17-5-3-6-18(24)14-17/h3-8,13-14,20H,9-12,15H2,1-2H3,(H,25,26,27). The lowest BCUT2D eigenvalue weighted by Crippen LogP contribution is -2.42. The lowest BCUT2D eigenvalue weighted by Gasteiger charge is -2.33. The first-order valence-electron chi connectivity index (χ1n) is 10.4. The molecule has 162 valence electrons. The molecule has 8 heteroatoms. The highest BCUT2D eigenvalue weighted by atomic mass is 35.5. The Morgan fingerprint density at radius 1 is 1.23 bits per heavy atom. The van der Waals surface area contributed by atoms with Gasteiger partial charge in [0.2, 0.25) is 5.91 Å². The topological polar surface area (TPSA) is 72.3 Å². The molecule has 2 aromatic heterocycles. The first-order chi connectivity index (χ1) is 15.0. The highest BCUT2D eigenvalue weighted by Crippen LogP contribution is 2.24. The van der Waals surface area contributed by atoms with Crippen LogP contribution in [0.15, 0.2) is 48.5 Å². The van der Waals surface area contributed by atoms with Gasteiger partial charge in [0.1, 0.15) is 11.9 Å². The van der Waals surface area contributed by atoms with E-state index in [1.165, 1.54) is 0 Å². The average Bonchev–Trinajstić information content (AvgIpc) is 3.09. The van der Waals surface area contributed by atoms with Crippen LogP contribution >= 0.6 is 11.6 Å². The van der Waals surface area contributed by atoms with Gasteiger partial charge in [-0.3, -0.25) is 9.48 Å². The number of amides is 1. The molecule has 0 radical (unpaired) electrons. The van der Waals surface area contributed by atoms with Crippen LogP contribution in [0.1, 0.15) is 29.5 Å². The van der Waals surface area contributed by atoms with Crippen molar-refractivity contribution in [1.82, 2.24) is 19.7 Å². The van der Waals surface area contributed by atoms with Gasteiger partial charge in [0, 0.05) is 36.8 Å². The second-order valence-electron chi connectivity index (χ2n) is 7.70. The van der Waals surface area contributed by atoms with Crippen molar-refractivity contribution in [1.29, 1.82) is 0 Å². The molecule has 1 atom stereocenters. The van der Waals surface area contributed by atoms with Crippen LogP contribution in [0, 0.1) is 6.92 Å². The van der Waals surface area contributed by atoms with Gasteiger partial charge in [-0.05, 0) is 43.2 Å². The van der Waals surface area contributed by atoms with Crippen molar-refractivity contribution < 1.29 is 9.53 Å². The monoisotopic (exact) mass is 439 g/mol. The van der Waals surface area contributed by atoms with Gasteiger partial charge >= 0.3 is 0 Å². The first kappa shape index (κ1) is 21.3. The zero-order valence-electron chi connectivity index (χ0n) is 17.7. The normalized spacial score (nSPS) is 16.4. The zero-order chi connectivity index (χ0) is 21.8. The summed E-state index contributed by atoms with van der Waals surface area (Å²) in [7, 11) is 1.90. The third kappa shape index (κ3) is 5.42. The molecule has 0 spiro atoms. The van der Waals surface area contributed by atoms with E-state index >= 15 is 0 Å². The predicted octanol–water partition coefficient (Wildman–Crippen LogP) is 4.05. The second-order valence-corrected chi connectivity index (χ2v) is 8.13. The zero-order valence-corrected chi connectivity index (χ0v) is 18.5. The van der Waals surface area contributed by atoms with Crippen LogP contribution in [0.3, 0.4) is 0 Å². The van der Waals surface area contributed by atoms with Gasteiger partial charge < -0.3 is 15.0 Å². The second kappa shape index (κ2) is 9.49. The summed E-state index contributed by atoms with van der Waals surface area (Å²) < 4.78 is 7.74. The number of ether oxygens (including phenoxy) is 1. The summed E-state index contributed by atoms with van der Waals surface area (Å²) in [6.07, 6.45) is 0.861. The van der Waals surface area contributed by atoms with Crippen LogP contribution in [-0.2, 0) is 23.0 Å². The van der Waals surface area contributed by atoms with E-state index in [4.69, 9.17) is 16.3 Å². The van der Waals surface area contributed by atoms with Crippen molar-refractivity contribution in [2.75, 3.05) is 25.0 Å². The fourth-order valence-corrected chi connectivity index (χ4v) is 3.82. The van der Waals surface area contributed by atoms with Gasteiger partial charge in [-0.2, -0.15) is 5.10 Å². The highest BCUT2D eigenvalue weighted by molar-refractivity contribution is 6.30. The van der Waals surface area contributed by atoms with Gasteiger partial charge in [-0.15, -0.1) is 0 Å². The number of nitrogens with one attached hydrogen (secondary N) is 1. The number of hydrogen-bond donors (Lipinski definition) is 1. The molecule has 1 fully saturated rings. The van der Waals surface area contributed by atoms with E-state index < -0.39 is 0 Å². The number of aromatic nitrogens is 3. The molecule has 7 nitrogen and oxygen atoms in total. The molecule has 0 saturated carbocycles. The lowest BCUT2D eigenvalue weighted by molar-refractivity contribution is -0.139. The highest BCUT2D eigenvalue weighted by Gasteiger charge is 2.26. The summed E-state index contributed by atoms with van der Waals surface area (Å²) in [6.45, 7) is 3.58. The minimum absolute atomic E-state index is 0.117. The van der Waals surface area contributed by atoms with Crippen molar-refractivity contribution in [2.45, 2.75) is 25.9 Å². The molecule has 1 amide bonds. The summed E-state index contributed by atoms with van der Waals surface area (Å²) in [5.41, 5.74) is 2.92. The lowest BCUT2D eigenvalue weighted by atomic mass is 10.1. The molecule has 1 aromatic carbocycles. The number of carbonyl (C=O) groups is 1. The molecule has 4 rings (SSSR count). The van der Waals surface area contributed by atoms with Crippen LogP contribution < -0.4 is 5.32 Å². The maximum atomic E-state index is 12.8. The molecule has 1 aliphatic rings. The Kier molecular flexibility index (Phi) is 6.53. The molecule has 0 bridgehead atoms. The van der Waals surface area contributed by atoms with Gasteiger partial charge in [0.15, 0.2) is 5.82 Å². The minimum atomic E-state index is -0.254. The van der Waals surface area contributed by atoms with E-state index in [9.17, 15) is 4.79 Å².